The molecular formula is C10H11ClFN3O3S. The van der Waals surface area contributed by atoms with Gasteiger partial charge in [-0.1, -0.05) is 11.6 Å². The van der Waals surface area contributed by atoms with Crippen LogP contribution in [0.25, 0.3) is 0 Å². The molecule has 19 heavy (non-hydrogen) atoms. The highest BCUT2D eigenvalue weighted by Crippen LogP contribution is 2.26. The lowest BCUT2D eigenvalue weighted by Gasteiger charge is -2.12. The predicted molar refractivity (Wildman–Crippen MR) is 67.6 cm³/mol. The quantitative estimate of drug-likeness (QED) is 0.696. The lowest BCUT2D eigenvalue weighted by molar-refractivity contribution is -0.119. The Labute approximate surface area is 114 Å². The van der Waals surface area contributed by atoms with Crippen LogP contribution in [0, 0.1) is 5.82 Å². The number of hydrogen-bond donors (Lipinski definition) is 3. The van der Waals surface area contributed by atoms with E-state index in [2.05, 4.69) is 10.0 Å². The fourth-order valence-corrected chi connectivity index (χ4v) is 3.40. The lowest BCUT2D eigenvalue weighted by Crippen LogP contribution is -2.36. The van der Waals surface area contributed by atoms with E-state index in [1.165, 1.54) is 0 Å². The van der Waals surface area contributed by atoms with Crippen LogP contribution in [-0.2, 0) is 14.8 Å². The van der Waals surface area contributed by atoms with Gasteiger partial charge in [-0.2, -0.15) is 0 Å². The molecule has 1 atom stereocenters. The molecule has 1 aromatic carbocycles. The number of carbonyl (C=O) groups is 1. The average Bonchev–Trinajstić information content (AvgIpc) is 2.68. The predicted octanol–water partition coefficient (Wildman–Crippen LogP) is 0.228. The van der Waals surface area contributed by atoms with Crippen LogP contribution in [0.5, 0.6) is 0 Å². The van der Waals surface area contributed by atoms with Gasteiger partial charge in [-0.25, -0.2) is 17.5 Å². The summed E-state index contributed by atoms with van der Waals surface area (Å²) < 4.78 is 40.0. The molecule has 1 fully saturated rings. The average molecular weight is 308 g/mol. The number of carbonyl (C=O) groups excluding carboxylic acids is 1. The van der Waals surface area contributed by atoms with Gasteiger partial charge in [-0.05, 0) is 12.1 Å². The van der Waals surface area contributed by atoms with Crippen LogP contribution in [0.4, 0.5) is 10.1 Å². The minimum atomic E-state index is -4.12. The zero-order chi connectivity index (χ0) is 14.2. The van der Waals surface area contributed by atoms with E-state index in [1.807, 2.05) is 0 Å². The van der Waals surface area contributed by atoms with Crippen LogP contribution in [0.2, 0.25) is 5.02 Å². The number of nitrogens with two attached hydrogens (primary N) is 1. The summed E-state index contributed by atoms with van der Waals surface area (Å²) in [4.78, 5) is 10.4. The number of anilines is 1. The van der Waals surface area contributed by atoms with Crippen molar-refractivity contribution in [3.8, 4) is 0 Å². The van der Waals surface area contributed by atoms with Crippen LogP contribution >= 0.6 is 11.6 Å². The first kappa shape index (κ1) is 14.0. The van der Waals surface area contributed by atoms with Crippen LogP contribution in [0.3, 0.4) is 0 Å². The standard InChI is InChI=1S/C10H11ClFN3O3S/c11-7-1-5(13)2-8(10(7)12)19(17,18)15-6-3-9(16)14-4-6/h1-2,6,15H,3-4,13H2,(H,14,16). The second-order valence-electron chi connectivity index (χ2n) is 4.14. The van der Waals surface area contributed by atoms with Crippen molar-refractivity contribution in [3.63, 3.8) is 0 Å². The monoisotopic (exact) mass is 307 g/mol. The molecule has 1 aromatic rings. The van der Waals surface area contributed by atoms with Crippen molar-refractivity contribution in [2.75, 3.05) is 12.3 Å². The maximum atomic E-state index is 13.7. The third-order valence-corrected chi connectivity index (χ3v) is 4.40. The molecule has 0 bridgehead atoms. The van der Waals surface area contributed by atoms with Gasteiger partial charge in [0.15, 0.2) is 5.82 Å². The van der Waals surface area contributed by atoms with Crippen LogP contribution < -0.4 is 15.8 Å². The SMILES string of the molecule is Nc1cc(Cl)c(F)c(S(=O)(=O)NC2CNC(=O)C2)c1. The summed E-state index contributed by atoms with van der Waals surface area (Å²) >= 11 is 5.55. The maximum Gasteiger partial charge on any atom is 0.243 e. The zero-order valence-electron chi connectivity index (χ0n) is 9.61. The van der Waals surface area contributed by atoms with E-state index in [0.29, 0.717) is 0 Å². The number of halogens is 2. The summed E-state index contributed by atoms with van der Waals surface area (Å²) in [6.07, 6.45) is 0.0108. The van der Waals surface area contributed by atoms with E-state index >= 15 is 0 Å². The molecular weight excluding hydrogens is 297 g/mol. The molecule has 1 aliphatic rings. The number of rotatable bonds is 3. The molecule has 1 saturated heterocycles. The largest absolute Gasteiger partial charge is 0.399 e. The van der Waals surface area contributed by atoms with Gasteiger partial charge in [0.25, 0.3) is 0 Å². The van der Waals surface area contributed by atoms with E-state index in [0.717, 1.165) is 12.1 Å². The van der Waals surface area contributed by atoms with Crippen LogP contribution in [-0.4, -0.2) is 26.9 Å². The fourth-order valence-electron chi connectivity index (χ4n) is 1.75. The molecule has 0 aliphatic carbocycles. The molecule has 1 amide bonds. The van der Waals surface area contributed by atoms with Gasteiger partial charge in [0.2, 0.25) is 15.9 Å². The maximum absolute atomic E-state index is 13.7. The van der Waals surface area contributed by atoms with Crippen molar-refractivity contribution in [2.45, 2.75) is 17.4 Å². The number of amides is 1. The van der Waals surface area contributed by atoms with E-state index in [1.54, 1.807) is 0 Å². The number of nitrogen functional groups attached to an aromatic ring is 1. The van der Waals surface area contributed by atoms with E-state index in [9.17, 15) is 17.6 Å². The Bertz CT molecular complexity index is 635. The third-order valence-electron chi connectivity index (χ3n) is 2.61. The van der Waals surface area contributed by atoms with Gasteiger partial charge in [0.1, 0.15) is 4.90 Å². The molecule has 0 spiro atoms. The molecule has 0 radical (unpaired) electrons. The Kier molecular flexibility index (Phi) is 3.66. The molecule has 1 heterocycles. The Hall–Kier alpha value is -1.38. The summed E-state index contributed by atoms with van der Waals surface area (Å²) in [5, 5.41) is 2.10. The van der Waals surface area contributed by atoms with Gasteiger partial charge in [-0.3, -0.25) is 4.79 Å². The topological polar surface area (TPSA) is 101 Å². The molecule has 0 saturated carbocycles. The molecule has 1 aliphatic heterocycles. The van der Waals surface area contributed by atoms with E-state index < -0.39 is 26.8 Å². The van der Waals surface area contributed by atoms with Crippen molar-refractivity contribution < 1.29 is 17.6 Å². The molecule has 104 valence electrons. The summed E-state index contributed by atoms with van der Waals surface area (Å²) in [7, 11) is -4.12. The first-order valence-corrected chi connectivity index (χ1v) is 7.19. The van der Waals surface area contributed by atoms with Crippen LogP contribution in [0.1, 0.15) is 6.42 Å². The van der Waals surface area contributed by atoms with Crippen molar-refractivity contribution in [1.82, 2.24) is 10.0 Å². The lowest BCUT2D eigenvalue weighted by atomic mass is 10.3. The van der Waals surface area contributed by atoms with Crippen LogP contribution in [0.15, 0.2) is 17.0 Å². The van der Waals surface area contributed by atoms with Gasteiger partial charge in [-0.15, -0.1) is 0 Å². The number of nitrogens with one attached hydrogen (secondary N) is 2. The third kappa shape index (κ3) is 2.96. The first-order chi connectivity index (χ1) is 8.79. The van der Waals surface area contributed by atoms with Crippen molar-refractivity contribution >= 4 is 33.2 Å². The molecule has 4 N–H and O–H groups in total. The highest BCUT2D eigenvalue weighted by Gasteiger charge is 2.29. The Balaban J connectivity index is 2.32. The van der Waals surface area contributed by atoms with Crippen molar-refractivity contribution in [1.29, 1.82) is 0 Å². The van der Waals surface area contributed by atoms with Crippen molar-refractivity contribution in [2.24, 2.45) is 0 Å². The molecule has 0 aromatic heterocycles. The van der Waals surface area contributed by atoms with Gasteiger partial charge >= 0.3 is 0 Å². The molecule has 2 rings (SSSR count). The highest BCUT2D eigenvalue weighted by atomic mass is 35.5. The zero-order valence-corrected chi connectivity index (χ0v) is 11.2. The minimum absolute atomic E-state index is 0.0108. The number of benzene rings is 1. The van der Waals surface area contributed by atoms with Crippen molar-refractivity contribution in [3.05, 3.63) is 23.0 Å². The molecule has 1 unspecified atom stereocenters. The Morgan fingerprint density at radius 1 is 1.47 bits per heavy atom. The summed E-state index contributed by atoms with van der Waals surface area (Å²) in [6.45, 7) is 0.162. The van der Waals surface area contributed by atoms with E-state index in [-0.39, 0.29) is 29.6 Å². The summed E-state index contributed by atoms with van der Waals surface area (Å²) in [6, 6.07) is 1.49. The Morgan fingerprint density at radius 3 is 2.74 bits per heavy atom. The smallest absolute Gasteiger partial charge is 0.243 e. The summed E-state index contributed by atoms with van der Waals surface area (Å²) in [5.74, 6) is -1.33. The van der Waals surface area contributed by atoms with Gasteiger partial charge in [0, 0.05) is 24.7 Å². The Morgan fingerprint density at radius 2 is 2.16 bits per heavy atom. The number of sulfonamides is 1. The second kappa shape index (κ2) is 4.95. The van der Waals surface area contributed by atoms with Gasteiger partial charge < -0.3 is 11.1 Å². The second-order valence-corrected chi connectivity index (χ2v) is 6.23. The number of hydrogen-bond acceptors (Lipinski definition) is 4. The minimum Gasteiger partial charge on any atom is -0.399 e. The molecule has 9 heteroatoms. The summed E-state index contributed by atoms with van der Waals surface area (Å²) in [5.41, 5.74) is 5.48. The van der Waals surface area contributed by atoms with E-state index in [4.69, 9.17) is 17.3 Å². The molecule has 6 nitrogen and oxygen atoms in total. The normalized spacial score (nSPS) is 19.5. The van der Waals surface area contributed by atoms with Gasteiger partial charge in [0.05, 0.1) is 5.02 Å². The first-order valence-electron chi connectivity index (χ1n) is 5.33. The fraction of sp³-hybridized carbons (Fsp3) is 0.300. The highest BCUT2D eigenvalue weighted by molar-refractivity contribution is 7.89.